The van der Waals surface area contributed by atoms with Gasteiger partial charge in [0.25, 0.3) is 0 Å². The van der Waals surface area contributed by atoms with Crippen LogP contribution in [0.2, 0.25) is 0 Å². The van der Waals surface area contributed by atoms with Gasteiger partial charge in [-0.2, -0.15) is 0 Å². The topological polar surface area (TPSA) is 59.8 Å². The fourth-order valence-electron chi connectivity index (χ4n) is 6.00. The molecular formula is C21H26N4OS. The molecule has 2 aromatic rings. The average molecular weight is 383 g/mol. The number of hydrogen-bond donors (Lipinski definition) is 1. The number of nitrogens with one attached hydrogen (secondary N) is 1. The molecule has 0 aliphatic heterocycles. The average Bonchev–Trinajstić information content (AvgIpc) is 3.00. The van der Waals surface area contributed by atoms with Crippen molar-refractivity contribution < 1.29 is 4.79 Å². The van der Waals surface area contributed by atoms with Gasteiger partial charge in [0, 0.05) is 18.2 Å². The molecule has 5 nitrogen and oxygen atoms in total. The molecule has 0 unspecified atom stereocenters. The molecule has 4 fully saturated rings. The first-order valence-electron chi connectivity index (χ1n) is 9.99. The lowest BCUT2D eigenvalue weighted by Gasteiger charge is -2.56. The predicted molar refractivity (Wildman–Crippen MR) is 106 cm³/mol. The number of aromatic nitrogens is 3. The molecule has 0 spiro atoms. The van der Waals surface area contributed by atoms with Gasteiger partial charge in [-0.3, -0.25) is 4.79 Å². The Bertz CT molecular complexity index is 812. The molecule has 4 aliphatic rings. The third-order valence-electron chi connectivity index (χ3n) is 6.64. The van der Waals surface area contributed by atoms with E-state index in [9.17, 15) is 4.79 Å². The van der Waals surface area contributed by atoms with E-state index in [1.807, 2.05) is 41.9 Å². The molecule has 0 atom stereocenters. The summed E-state index contributed by atoms with van der Waals surface area (Å²) in [6, 6.07) is 10.0. The highest BCUT2D eigenvalue weighted by Crippen LogP contribution is 2.55. The molecule has 6 heteroatoms. The highest BCUT2D eigenvalue weighted by molar-refractivity contribution is 7.99. The van der Waals surface area contributed by atoms with Crippen LogP contribution in [0, 0.1) is 17.8 Å². The van der Waals surface area contributed by atoms with E-state index in [0.29, 0.717) is 5.75 Å². The van der Waals surface area contributed by atoms with Crippen LogP contribution in [0.15, 0.2) is 35.5 Å². The summed E-state index contributed by atoms with van der Waals surface area (Å²) >= 11 is 1.48. The van der Waals surface area contributed by atoms with Crippen molar-refractivity contribution in [3.63, 3.8) is 0 Å². The zero-order valence-electron chi connectivity index (χ0n) is 15.7. The summed E-state index contributed by atoms with van der Waals surface area (Å²) in [6.07, 6.45) is 7.76. The number of thioether (sulfide) groups is 1. The molecule has 6 rings (SSSR count). The van der Waals surface area contributed by atoms with E-state index < -0.39 is 0 Å². The minimum Gasteiger partial charge on any atom is -0.350 e. The predicted octanol–water partition coefficient (Wildman–Crippen LogP) is 3.66. The Morgan fingerprint density at radius 2 is 1.74 bits per heavy atom. The maximum Gasteiger partial charge on any atom is 0.230 e. The molecule has 1 aromatic heterocycles. The van der Waals surface area contributed by atoms with E-state index in [1.54, 1.807) is 0 Å². The van der Waals surface area contributed by atoms with Gasteiger partial charge in [0.05, 0.1) is 5.75 Å². The van der Waals surface area contributed by atoms with Crippen LogP contribution in [0.25, 0.3) is 11.4 Å². The van der Waals surface area contributed by atoms with Gasteiger partial charge < -0.3 is 9.88 Å². The molecule has 142 valence electrons. The summed E-state index contributed by atoms with van der Waals surface area (Å²) in [5, 5.41) is 12.8. The standard InChI is InChI=1S/C21H26N4OS/c1-25-19(17-5-3-2-4-6-17)23-24-20(25)27-13-18(26)22-21-10-14-7-15(11-21)9-16(8-14)12-21/h2-6,14-16H,7-13H2,1H3,(H,22,26). The second kappa shape index (κ2) is 6.66. The van der Waals surface area contributed by atoms with E-state index in [1.165, 1.54) is 50.3 Å². The highest BCUT2D eigenvalue weighted by Gasteiger charge is 2.51. The van der Waals surface area contributed by atoms with E-state index in [0.717, 1.165) is 34.3 Å². The van der Waals surface area contributed by atoms with Gasteiger partial charge in [0.2, 0.25) is 5.91 Å². The van der Waals surface area contributed by atoms with Crippen molar-refractivity contribution in [2.24, 2.45) is 24.8 Å². The lowest BCUT2D eigenvalue weighted by atomic mass is 9.53. The molecule has 0 saturated heterocycles. The molecule has 4 saturated carbocycles. The first kappa shape index (κ1) is 17.3. The number of amides is 1. The van der Waals surface area contributed by atoms with Crippen LogP contribution in [0.3, 0.4) is 0 Å². The second-order valence-electron chi connectivity index (χ2n) is 8.77. The summed E-state index contributed by atoms with van der Waals surface area (Å²) in [5.74, 6) is 3.91. The van der Waals surface area contributed by atoms with Crippen LogP contribution in [0.5, 0.6) is 0 Å². The van der Waals surface area contributed by atoms with Crippen molar-refractivity contribution in [1.82, 2.24) is 20.1 Å². The normalized spacial score (nSPS) is 31.2. The third-order valence-corrected chi connectivity index (χ3v) is 7.66. The fourth-order valence-corrected chi connectivity index (χ4v) is 6.72. The first-order valence-corrected chi connectivity index (χ1v) is 11.0. The quantitative estimate of drug-likeness (QED) is 0.802. The van der Waals surface area contributed by atoms with Gasteiger partial charge in [-0.25, -0.2) is 0 Å². The fraction of sp³-hybridized carbons (Fsp3) is 0.571. The van der Waals surface area contributed by atoms with Crippen LogP contribution >= 0.6 is 11.8 Å². The zero-order valence-corrected chi connectivity index (χ0v) is 16.5. The van der Waals surface area contributed by atoms with Gasteiger partial charge in [-0.15, -0.1) is 10.2 Å². The van der Waals surface area contributed by atoms with Crippen molar-refractivity contribution in [2.45, 2.75) is 49.2 Å². The lowest BCUT2D eigenvalue weighted by molar-refractivity contribution is -0.124. The first-order chi connectivity index (χ1) is 13.1. The Morgan fingerprint density at radius 3 is 2.37 bits per heavy atom. The van der Waals surface area contributed by atoms with E-state index in [-0.39, 0.29) is 11.4 Å². The molecule has 4 bridgehead atoms. The Kier molecular flexibility index (Phi) is 4.26. The van der Waals surface area contributed by atoms with Crippen molar-refractivity contribution in [3.05, 3.63) is 30.3 Å². The van der Waals surface area contributed by atoms with Gasteiger partial charge in [-0.1, -0.05) is 42.1 Å². The summed E-state index contributed by atoms with van der Waals surface area (Å²) in [5.41, 5.74) is 1.12. The molecule has 1 N–H and O–H groups in total. The number of benzene rings is 1. The van der Waals surface area contributed by atoms with Crippen LogP contribution < -0.4 is 5.32 Å². The summed E-state index contributed by atoms with van der Waals surface area (Å²) < 4.78 is 1.97. The Balaban J connectivity index is 1.22. The Labute approximate surface area is 164 Å². The lowest BCUT2D eigenvalue weighted by Crippen LogP contribution is -2.60. The maximum absolute atomic E-state index is 12.7. The van der Waals surface area contributed by atoms with E-state index >= 15 is 0 Å². The minimum atomic E-state index is 0.0848. The van der Waals surface area contributed by atoms with E-state index in [4.69, 9.17) is 0 Å². The van der Waals surface area contributed by atoms with Crippen molar-refractivity contribution in [1.29, 1.82) is 0 Å². The zero-order chi connectivity index (χ0) is 18.4. The molecule has 1 amide bonds. The molecule has 4 aliphatic carbocycles. The number of nitrogens with zero attached hydrogens (tertiary/aromatic N) is 3. The van der Waals surface area contributed by atoms with E-state index in [2.05, 4.69) is 15.5 Å². The molecule has 0 radical (unpaired) electrons. The van der Waals surface area contributed by atoms with Crippen molar-refractivity contribution >= 4 is 17.7 Å². The third kappa shape index (κ3) is 3.28. The maximum atomic E-state index is 12.7. The van der Waals surface area contributed by atoms with Gasteiger partial charge >= 0.3 is 0 Å². The second-order valence-corrected chi connectivity index (χ2v) is 9.71. The van der Waals surface area contributed by atoms with Crippen LogP contribution in [-0.2, 0) is 11.8 Å². The molecule has 1 heterocycles. The molecule has 27 heavy (non-hydrogen) atoms. The molecular weight excluding hydrogens is 356 g/mol. The van der Waals surface area contributed by atoms with Crippen molar-refractivity contribution in [2.75, 3.05) is 5.75 Å². The minimum absolute atomic E-state index is 0.0848. The number of hydrogen-bond acceptors (Lipinski definition) is 4. The SMILES string of the molecule is Cn1c(SCC(=O)NC23CC4CC(CC(C4)C2)C3)nnc1-c1ccccc1. The van der Waals surface area contributed by atoms with Crippen LogP contribution in [0.1, 0.15) is 38.5 Å². The Morgan fingerprint density at radius 1 is 1.11 bits per heavy atom. The summed E-state index contributed by atoms with van der Waals surface area (Å²) in [6.45, 7) is 0. The van der Waals surface area contributed by atoms with Crippen LogP contribution in [0.4, 0.5) is 0 Å². The molecule has 1 aromatic carbocycles. The van der Waals surface area contributed by atoms with Gasteiger partial charge in [0.15, 0.2) is 11.0 Å². The number of carbonyl (C=O) groups is 1. The van der Waals surface area contributed by atoms with Gasteiger partial charge in [0.1, 0.15) is 0 Å². The smallest absolute Gasteiger partial charge is 0.230 e. The number of carbonyl (C=O) groups excluding carboxylic acids is 1. The van der Waals surface area contributed by atoms with Crippen molar-refractivity contribution in [3.8, 4) is 11.4 Å². The monoisotopic (exact) mass is 382 g/mol. The van der Waals surface area contributed by atoms with Crippen LogP contribution in [-0.4, -0.2) is 32.0 Å². The summed E-state index contributed by atoms with van der Waals surface area (Å²) in [7, 11) is 1.96. The number of rotatable bonds is 5. The van der Waals surface area contributed by atoms with Gasteiger partial charge in [-0.05, 0) is 56.3 Å². The Hall–Kier alpha value is -1.82. The highest BCUT2D eigenvalue weighted by atomic mass is 32.2. The largest absolute Gasteiger partial charge is 0.350 e. The summed E-state index contributed by atoms with van der Waals surface area (Å²) in [4.78, 5) is 12.7.